The van der Waals surface area contributed by atoms with Crippen LogP contribution in [0.15, 0.2) is 35.9 Å². The number of methoxy groups -OCH3 is 1. The first-order chi connectivity index (χ1) is 12.5. The first-order valence-electron chi connectivity index (χ1n) is 10.3. The summed E-state index contributed by atoms with van der Waals surface area (Å²) in [5, 5.41) is 0.825. The monoisotopic (exact) mass is 402 g/mol. The Balaban J connectivity index is 2.20. The Bertz CT molecular complexity index is 771. The van der Waals surface area contributed by atoms with Crippen LogP contribution in [-0.4, -0.2) is 15.2 Å². The molecule has 0 amide bonds. The smallest absolute Gasteiger partial charge is 0.126 e. The van der Waals surface area contributed by atoms with Crippen LogP contribution in [0.1, 0.15) is 57.6 Å². The van der Waals surface area contributed by atoms with Gasteiger partial charge >= 0.3 is 0 Å². The van der Waals surface area contributed by atoms with E-state index in [4.69, 9.17) is 16.3 Å². The first-order valence-corrected chi connectivity index (χ1v) is 14.2. The Morgan fingerprint density at radius 2 is 1.74 bits per heavy atom. The van der Waals surface area contributed by atoms with Gasteiger partial charge in [-0.15, -0.1) is 0 Å². The molecule has 2 aliphatic carbocycles. The summed E-state index contributed by atoms with van der Waals surface area (Å²) in [6.07, 6.45) is 12.3. The zero-order chi connectivity index (χ0) is 20.0. The van der Waals surface area contributed by atoms with E-state index in [1.54, 1.807) is 0 Å². The molecule has 0 saturated heterocycles. The summed E-state index contributed by atoms with van der Waals surface area (Å²) in [6, 6.07) is 4.27. The van der Waals surface area contributed by atoms with Crippen molar-refractivity contribution in [2.75, 3.05) is 7.11 Å². The normalized spacial score (nSPS) is 22.2. The van der Waals surface area contributed by atoms with Gasteiger partial charge in [-0.25, -0.2) is 0 Å². The van der Waals surface area contributed by atoms with Crippen molar-refractivity contribution in [1.82, 2.24) is 0 Å². The molecule has 1 unspecified atom stereocenters. The highest BCUT2D eigenvalue weighted by atomic mass is 35.5. The van der Waals surface area contributed by atoms with Gasteiger partial charge in [0.15, 0.2) is 0 Å². The van der Waals surface area contributed by atoms with Crippen LogP contribution in [0.25, 0.3) is 0 Å². The number of allylic oxidation sites excluding steroid dienone is 4. The molecule has 0 radical (unpaired) electrons. The molecule has 0 N–H and O–H groups in total. The maximum absolute atomic E-state index is 6.65. The fraction of sp³-hybridized carbons (Fsp3) is 0.583. The van der Waals surface area contributed by atoms with Crippen LogP contribution in [0, 0.1) is 0 Å². The van der Waals surface area contributed by atoms with Gasteiger partial charge in [0.05, 0.1) is 15.2 Å². The van der Waals surface area contributed by atoms with Crippen molar-refractivity contribution in [1.29, 1.82) is 0 Å². The zero-order valence-corrected chi connectivity index (χ0v) is 19.8. The van der Waals surface area contributed by atoms with E-state index in [2.05, 4.69) is 70.8 Å². The van der Waals surface area contributed by atoms with E-state index in [1.165, 1.54) is 42.4 Å². The van der Waals surface area contributed by atoms with Crippen LogP contribution in [-0.2, 0) is 10.8 Å². The summed E-state index contributed by atoms with van der Waals surface area (Å²) in [4.78, 5) is 0. The van der Waals surface area contributed by atoms with Crippen LogP contribution in [0.3, 0.4) is 0 Å². The molecule has 1 fully saturated rings. The summed E-state index contributed by atoms with van der Waals surface area (Å²) < 4.78 is 6.05. The maximum Gasteiger partial charge on any atom is 0.126 e. The van der Waals surface area contributed by atoms with Gasteiger partial charge in [0.25, 0.3) is 0 Å². The van der Waals surface area contributed by atoms with Crippen molar-refractivity contribution in [3.63, 3.8) is 0 Å². The number of hydrogen-bond acceptors (Lipinski definition) is 1. The Morgan fingerprint density at radius 3 is 2.22 bits per heavy atom. The third-order valence-corrected chi connectivity index (χ3v) is 9.01. The minimum Gasteiger partial charge on any atom is -0.496 e. The highest BCUT2D eigenvalue weighted by Gasteiger charge is 2.43. The van der Waals surface area contributed by atoms with Crippen molar-refractivity contribution in [2.45, 2.75) is 82.5 Å². The molecule has 2 aliphatic rings. The Hall–Kier alpha value is -0.993. The van der Waals surface area contributed by atoms with Gasteiger partial charge in [-0.2, -0.15) is 0 Å². The van der Waals surface area contributed by atoms with Crippen LogP contribution < -0.4 is 4.74 Å². The summed E-state index contributed by atoms with van der Waals surface area (Å²) in [5.74, 6) is 1.04. The van der Waals surface area contributed by atoms with Gasteiger partial charge in [0.2, 0.25) is 0 Å². The van der Waals surface area contributed by atoms with Crippen LogP contribution in [0.2, 0.25) is 30.2 Å². The molecule has 0 heterocycles. The second kappa shape index (κ2) is 7.11. The molecular weight excluding hydrogens is 368 g/mol. The maximum atomic E-state index is 6.65. The van der Waals surface area contributed by atoms with Gasteiger partial charge < -0.3 is 4.74 Å². The molecule has 0 bridgehead atoms. The average Bonchev–Trinajstić information content (AvgIpc) is 3.22. The van der Waals surface area contributed by atoms with Gasteiger partial charge in [0.1, 0.15) is 5.75 Å². The lowest BCUT2D eigenvalue weighted by Gasteiger charge is -2.35. The molecule has 1 aromatic rings. The molecule has 0 aromatic heterocycles. The average molecular weight is 403 g/mol. The third-order valence-electron chi connectivity index (χ3n) is 6.43. The minimum absolute atomic E-state index is 0.00839. The number of rotatable bonds is 4. The molecule has 27 heavy (non-hydrogen) atoms. The minimum atomic E-state index is -1.24. The second-order valence-electron chi connectivity index (χ2n) is 10.4. The number of halogens is 1. The molecule has 0 spiro atoms. The van der Waals surface area contributed by atoms with Crippen molar-refractivity contribution >= 4 is 19.7 Å². The number of benzene rings is 1. The molecule has 0 aliphatic heterocycles. The van der Waals surface area contributed by atoms with Gasteiger partial charge in [0, 0.05) is 21.6 Å². The predicted octanol–water partition coefficient (Wildman–Crippen LogP) is 7.66. The van der Waals surface area contributed by atoms with Gasteiger partial charge in [-0.05, 0) is 41.5 Å². The quantitative estimate of drug-likeness (QED) is 0.469. The lowest BCUT2D eigenvalue weighted by atomic mass is 9.70. The van der Waals surface area contributed by atoms with Crippen LogP contribution >= 0.6 is 11.6 Å². The highest BCUT2D eigenvalue weighted by Crippen LogP contribution is 2.54. The molecule has 3 rings (SSSR count). The molecule has 1 atom stereocenters. The van der Waals surface area contributed by atoms with E-state index in [1.807, 2.05) is 7.11 Å². The van der Waals surface area contributed by atoms with E-state index in [9.17, 15) is 0 Å². The van der Waals surface area contributed by atoms with E-state index in [0.717, 1.165) is 10.8 Å². The van der Waals surface area contributed by atoms with Gasteiger partial charge in [-0.3, -0.25) is 0 Å². The second-order valence-corrected chi connectivity index (χ2v) is 16.3. The molecular formula is C24H35ClOSi. The molecule has 1 saturated carbocycles. The summed E-state index contributed by atoms with van der Waals surface area (Å²) in [5.41, 5.74) is 4.66. The molecule has 1 nitrogen and oxygen atoms in total. The van der Waals surface area contributed by atoms with E-state index >= 15 is 0 Å². The van der Waals surface area contributed by atoms with Crippen molar-refractivity contribution in [3.05, 3.63) is 52.1 Å². The van der Waals surface area contributed by atoms with Gasteiger partial charge in [-0.1, -0.05) is 83.1 Å². The van der Waals surface area contributed by atoms with Crippen molar-refractivity contribution < 1.29 is 4.74 Å². The molecule has 148 valence electrons. The van der Waals surface area contributed by atoms with Crippen LogP contribution in [0.5, 0.6) is 5.75 Å². The Morgan fingerprint density at radius 1 is 1.11 bits per heavy atom. The lowest BCUT2D eigenvalue weighted by Crippen LogP contribution is -2.28. The topological polar surface area (TPSA) is 9.23 Å². The Kier molecular flexibility index (Phi) is 5.46. The number of hydrogen-bond donors (Lipinski definition) is 0. The SMILES string of the molecule is COc1c(C(C)(C)C)cc(Cl)cc1C1(C2=CC([Si](C)(C)C)C=C2)CCCC1. The summed E-state index contributed by atoms with van der Waals surface area (Å²) in [6.45, 7) is 14.1. The van der Waals surface area contributed by atoms with E-state index in [-0.39, 0.29) is 10.8 Å². The fourth-order valence-corrected chi connectivity index (χ4v) is 6.36. The predicted molar refractivity (Wildman–Crippen MR) is 121 cm³/mol. The summed E-state index contributed by atoms with van der Waals surface area (Å²) >= 11 is 6.65. The highest BCUT2D eigenvalue weighted by molar-refractivity contribution is 6.78. The first kappa shape index (κ1) is 20.7. The summed E-state index contributed by atoms with van der Waals surface area (Å²) in [7, 11) is 0.569. The van der Waals surface area contributed by atoms with E-state index in [0.29, 0.717) is 5.54 Å². The zero-order valence-electron chi connectivity index (χ0n) is 18.1. The standard InChI is InChI=1S/C24H35ClOSi/c1-23(2,3)20-15-18(25)16-21(22(20)26-4)24(12-8-9-13-24)17-10-11-19(14-17)27(5,6)7/h10-11,14-16,19H,8-9,12-13H2,1-7H3. The third kappa shape index (κ3) is 3.80. The van der Waals surface area contributed by atoms with Crippen molar-refractivity contribution in [2.24, 2.45) is 0 Å². The largest absolute Gasteiger partial charge is 0.496 e. The number of ether oxygens (including phenoxy) is 1. The fourth-order valence-electron chi connectivity index (χ4n) is 4.79. The molecule has 3 heteroatoms. The van der Waals surface area contributed by atoms with Crippen molar-refractivity contribution in [3.8, 4) is 5.75 Å². The molecule has 1 aromatic carbocycles. The van der Waals surface area contributed by atoms with E-state index < -0.39 is 8.07 Å². The lowest BCUT2D eigenvalue weighted by molar-refractivity contribution is 0.378. The van der Waals surface area contributed by atoms with Crippen LogP contribution in [0.4, 0.5) is 0 Å². The Labute approximate surface area is 171 Å².